The van der Waals surface area contributed by atoms with Crippen LogP contribution in [0.5, 0.6) is 5.75 Å². The van der Waals surface area contributed by atoms with Crippen molar-refractivity contribution < 1.29 is 9.53 Å². The lowest BCUT2D eigenvalue weighted by molar-refractivity contribution is -0.130. The van der Waals surface area contributed by atoms with Gasteiger partial charge in [0.25, 0.3) is 0 Å². The number of para-hydroxylation sites is 1. The summed E-state index contributed by atoms with van der Waals surface area (Å²) in [6.07, 6.45) is 4.59. The van der Waals surface area contributed by atoms with Crippen molar-refractivity contribution in [1.82, 2.24) is 19.7 Å². The third kappa shape index (κ3) is 4.93. The van der Waals surface area contributed by atoms with Crippen molar-refractivity contribution in [2.24, 2.45) is 0 Å². The Labute approximate surface area is 187 Å². The summed E-state index contributed by atoms with van der Waals surface area (Å²) in [5, 5.41) is 9.44. The Hall–Kier alpha value is -2.80. The molecule has 0 aliphatic carbocycles. The van der Waals surface area contributed by atoms with E-state index in [1.165, 1.54) is 24.6 Å². The molecule has 0 N–H and O–H groups in total. The zero-order valence-corrected chi connectivity index (χ0v) is 18.8. The smallest absolute Gasteiger partial charge is 0.235 e. The fourth-order valence-corrected chi connectivity index (χ4v) is 4.79. The molecule has 1 aliphatic rings. The summed E-state index contributed by atoms with van der Waals surface area (Å²) in [6.45, 7) is 3.67. The first-order chi connectivity index (χ1) is 15.2. The molecule has 0 spiro atoms. The van der Waals surface area contributed by atoms with Crippen LogP contribution >= 0.6 is 11.8 Å². The van der Waals surface area contributed by atoms with Gasteiger partial charge in [0.05, 0.1) is 12.4 Å². The second kappa shape index (κ2) is 10.0. The van der Waals surface area contributed by atoms with E-state index < -0.39 is 0 Å². The first kappa shape index (κ1) is 21.4. The maximum Gasteiger partial charge on any atom is 0.235 e. The lowest BCUT2D eigenvalue weighted by Crippen LogP contribution is -2.37. The summed E-state index contributed by atoms with van der Waals surface area (Å²) < 4.78 is 7.31. The number of aromatic nitrogens is 3. The standard InChI is InChI=1S/C24H28N4O2S/c1-18(23(29)27-16-8-3-4-9-17-27)31-24-26-25-22(19-12-14-21(30-2)15-13-19)28(24)20-10-6-5-7-11-20/h5-7,10-15,18H,3-4,8-9,16-17H2,1-2H3. The minimum atomic E-state index is -0.228. The van der Waals surface area contributed by atoms with E-state index in [1.807, 2.05) is 71.0 Å². The SMILES string of the molecule is COc1ccc(-c2nnc(SC(C)C(=O)N3CCCCCC3)n2-c2ccccc2)cc1. The van der Waals surface area contributed by atoms with Crippen LogP contribution in [0.1, 0.15) is 32.6 Å². The van der Waals surface area contributed by atoms with Crippen LogP contribution in [0.4, 0.5) is 0 Å². The van der Waals surface area contributed by atoms with Crippen LogP contribution in [-0.2, 0) is 4.79 Å². The van der Waals surface area contributed by atoms with Crippen molar-refractivity contribution in [3.8, 4) is 22.8 Å². The average Bonchev–Trinajstić information content (AvgIpc) is 3.03. The van der Waals surface area contributed by atoms with Gasteiger partial charge >= 0.3 is 0 Å². The number of carbonyl (C=O) groups excluding carboxylic acids is 1. The molecule has 2 heterocycles. The van der Waals surface area contributed by atoms with Gasteiger partial charge < -0.3 is 9.64 Å². The molecule has 0 bridgehead atoms. The van der Waals surface area contributed by atoms with Crippen molar-refractivity contribution in [1.29, 1.82) is 0 Å². The Kier molecular flexibility index (Phi) is 6.92. The van der Waals surface area contributed by atoms with E-state index in [-0.39, 0.29) is 11.2 Å². The highest BCUT2D eigenvalue weighted by Gasteiger charge is 2.25. The van der Waals surface area contributed by atoms with E-state index in [0.29, 0.717) is 5.16 Å². The van der Waals surface area contributed by atoms with Crippen LogP contribution < -0.4 is 4.74 Å². The highest BCUT2D eigenvalue weighted by molar-refractivity contribution is 8.00. The average molecular weight is 437 g/mol. The minimum Gasteiger partial charge on any atom is -0.497 e. The van der Waals surface area contributed by atoms with Gasteiger partial charge in [-0.05, 0) is 56.2 Å². The Morgan fingerprint density at radius 3 is 2.29 bits per heavy atom. The van der Waals surface area contributed by atoms with Crippen LogP contribution in [0.25, 0.3) is 17.1 Å². The highest BCUT2D eigenvalue weighted by atomic mass is 32.2. The van der Waals surface area contributed by atoms with Gasteiger partial charge in [-0.25, -0.2) is 0 Å². The number of thioether (sulfide) groups is 1. The fourth-order valence-electron chi connectivity index (χ4n) is 3.84. The topological polar surface area (TPSA) is 60.3 Å². The number of carbonyl (C=O) groups is 1. The molecule has 6 nitrogen and oxygen atoms in total. The molecule has 1 fully saturated rings. The molecule has 3 aromatic rings. The summed E-state index contributed by atoms with van der Waals surface area (Å²) in [5.74, 6) is 1.71. The van der Waals surface area contributed by atoms with E-state index >= 15 is 0 Å². The van der Waals surface area contributed by atoms with Crippen molar-refractivity contribution >= 4 is 17.7 Å². The molecule has 0 saturated carbocycles. The molecule has 1 saturated heterocycles. The zero-order valence-electron chi connectivity index (χ0n) is 18.0. The molecule has 1 atom stereocenters. The normalized spacial score (nSPS) is 15.4. The number of rotatable bonds is 6. The number of amides is 1. The minimum absolute atomic E-state index is 0.181. The summed E-state index contributed by atoms with van der Waals surface area (Å²) in [6, 6.07) is 17.8. The number of nitrogens with zero attached hydrogens (tertiary/aromatic N) is 4. The van der Waals surface area contributed by atoms with E-state index in [2.05, 4.69) is 10.2 Å². The third-order valence-corrected chi connectivity index (χ3v) is 6.57. The molecular weight excluding hydrogens is 408 g/mol. The maximum atomic E-state index is 13.1. The van der Waals surface area contributed by atoms with Crippen LogP contribution in [0.3, 0.4) is 0 Å². The van der Waals surface area contributed by atoms with Crippen molar-refractivity contribution in [2.45, 2.75) is 43.0 Å². The monoisotopic (exact) mass is 436 g/mol. The Morgan fingerprint density at radius 1 is 0.968 bits per heavy atom. The summed E-state index contributed by atoms with van der Waals surface area (Å²) in [5.41, 5.74) is 1.91. The fraction of sp³-hybridized carbons (Fsp3) is 0.375. The number of hydrogen-bond acceptors (Lipinski definition) is 5. The molecule has 162 valence electrons. The second-order valence-electron chi connectivity index (χ2n) is 7.71. The molecule has 31 heavy (non-hydrogen) atoms. The first-order valence-electron chi connectivity index (χ1n) is 10.8. The first-order valence-corrected chi connectivity index (χ1v) is 11.7. The van der Waals surface area contributed by atoms with E-state index in [0.717, 1.165) is 48.8 Å². The second-order valence-corrected chi connectivity index (χ2v) is 9.01. The molecule has 7 heteroatoms. The summed E-state index contributed by atoms with van der Waals surface area (Å²) in [4.78, 5) is 15.1. The van der Waals surface area contributed by atoms with Crippen LogP contribution in [0.15, 0.2) is 59.8 Å². The zero-order chi connectivity index (χ0) is 21.6. The molecule has 1 aliphatic heterocycles. The van der Waals surface area contributed by atoms with Crippen molar-refractivity contribution in [2.75, 3.05) is 20.2 Å². The van der Waals surface area contributed by atoms with Gasteiger partial charge in [-0.1, -0.05) is 42.8 Å². The lowest BCUT2D eigenvalue weighted by atomic mass is 10.2. The number of hydrogen-bond donors (Lipinski definition) is 0. The largest absolute Gasteiger partial charge is 0.497 e. The Balaban J connectivity index is 1.64. The maximum absolute atomic E-state index is 13.1. The van der Waals surface area contributed by atoms with Gasteiger partial charge in [0.2, 0.25) is 5.91 Å². The van der Waals surface area contributed by atoms with Gasteiger partial charge in [-0.15, -0.1) is 10.2 Å². The third-order valence-electron chi connectivity index (χ3n) is 5.54. The molecule has 1 aromatic heterocycles. The van der Waals surface area contributed by atoms with Crippen molar-refractivity contribution in [3.05, 3.63) is 54.6 Å². The molecule has 0 radical (unpaired) electrons. The number of likely N-dealkylation sites (tertiary alicyclic amines) is 1. The number of ether oxygens (including phenoxy) is 1. The Morgan fingerprint density at radius 2 is 1.65 bits per heavy atom. The van der Waals surface area contributed by atoms with Gasteiger partial charge in [0, 0.05) is 24.3 Å². The lowest BCUT2D eigenvalue weighted by Gasteiger charge is -2.23. The van der Waals surface area contributed by atoms with E-state index in [9.17, 15) is 4.79 Å². The van der Waals surface area contributed by atoms with Crippen molar-refractivity contribution in [3.63, 3.8) is 0 Å². The predicted octanol–water partition coefficient (Wildman–Crippen LogP) is 4.83. The van der Waals surface area contributed by atoms with Crippen LogP contribution in [-0.4, -0.2) is 51.0 Å². The van der Waals surface area contributed by atoms with Gasteiger partial charge in [0.15, 0.2) is 11.0 Å². The molecule has 2 aromatic carbocycles. The quantitative estimate of drug-likeness (QED) is 0.518. The number of benzene rings is 2. The van der Waals surface area contributed by atoms with Crippen LogP contribution in [0.2, 0.25) is 0 Å². The molecule has 4 rings (SSSR count). The van der Waals surface area contributed by atoms with Gasteiger partial charge in [0.1, 0.15) is 5.75 Å². The Bertz CT molecular complexity index is 996. The number of methoxy groups -OCH3 is 1. The predicted molar refractivity (Wildman–Crippen MR) is 124 cm³/mol. The van der Waals surface area contributed by atoms with Gasteiger partial charge in [-0.3, -0.25) is 9.36 Å². The molecular formula is C24H28N4O2S. The molecule has 1 unspecified atom stereocenters. The van der Waals surface area contributed by atoms with E-state index in [1.54, 1.807) is 7.11 Å². The van der Waals surface area contributed by atoms with E-state index in [4.69, 9.17) is 4.74 Å². The summed E-state index contributed by atoms with van der Waals surface area (Å²) in [7, 11) is 1.65. The van der Waals surface area contributed by atoms with Crippen LogP contribution in [0, 0.1) is 0 Å². The summed E-state index contributed by atoms with van der Waals surface area (Å²) >= 11 is 1.47. The van der Waals surface area contributed by atoms with Gasteiger partial charge in [-0.2, -0.15) is 0 Å². The molecule has 1 amide bonds. The highest BCUT2D eigenvalue weighted by Crippen LogP contribution is 2.31.